The zero-order valence-electron chi connectivity index (χ0n) is 14.1. The molecule has 0 aliphatic carbocycles. The Morgan fingerprint density at radius 2 is 1.69 bits per heavy atom. The summed E-state index contributed by atoms with van der Waals surface area (Å²) in [5, 5.41) is 12.1. The van der Waals surface area contributed by atoms with Crippen LogP contribution in [0.4, 0.5) is 5.69 Å². The average molecular weight is 346 g/mol. The van der Waals surface area contributed by atoms with Crippen LogP contribution in [-0.2, 0) is 12.8 Å². The highest BCUT2D eigenvalue weighted by atomic mass is 16.4. The number of amides is 1. The van der Waals surface area contributed by atoms with Crippen LogP contribution in [0.3, 0.4) is 0 Å². The van der Waals surface area contributed by atoms with Gasteiger partial charge in [-0.2, -0.15) is 0 Å². The maximum atomic E-state index is 12.3. The fourth-order valence-electron chi connectivity index (χ4n) is 2.66. The summed E-state index contributed by atoms with van der Waals surface area (Å²) in [6, 6.07) is 18.4. The first-order valence-corrected chi connectivity index (χ1v) is 8.25. The van der Waals surface area contributed by atoms with E-state index in [0.29, 0.717) is 5.56 Å². The number of carbonyl (C=O) groups excluding carboxylic acids is 1. The second-order valence-electron chi connectivity index (χ2n) is 5.87. The molecule has 1 heterocycles. The normalized spacial score (nSPS) is 10.3. The van der Waals surface area contributed by atoms with Gasteiger partial charge in [-0.3, -0.25) is 9.78 Å². The lowest BCUT2D eigenvalue weighted by atomic mass is 10.0. The summed E-state index contributed by atoms with van der Waals surface area (Å²) >= 11 is 0. The van der Waals surface area contributed by atoms with E-state index in [2.05, 4.69) is 22.4 Å². The highest BCUT2D eigenvalue weighted by molar-refractivity contribution is 6.07. The van der Waals surface area contributed by atoms with Crippen LogP contribution in [0.15, 0.2) is 73.1 Å². The smallest absolute Gasteiger partial charge is 0.337 e. The minimum Gasteiger partial charge on any atom is -0.478 e. The first-order valence-electron chi connectivity index (χ1n) is 8.25. The summed E-state index contributed by atoms with van der Waals surface area (Å²) < 4.78 is 0. The molecular weight excluding hydrogens is 328 g/mol. The number of hydrogen-bond acceptors (Lipinski definition) is 3. The summed E-state index contributed by atoms with van der Waals surface area (Å²) in [5.41, 5.74) is 2.89. The molecule has 0 unspecified atom stereocenters. The molecule has 2 aromatic carbocycles. The third kappa shape index (κ3) is 4.33. The van der Waals surface area contributed by atoms with Crippen molar-refractivity contribution in [3.8, 4) is 0 Å². The van der Waals surface area contributed by atoms with Gasteiger partial charge in [-0.25, -0.2) is 4.79 Å². The van der Waals surface area contributed by atoms with E-state index in [9.17, 15) is 14.7 Å². The van der Waals surface area contributed by atoms with Gasteiger partial charge >= 0.3 is 5.97 Å². The molecule has 26 heavy (non-hydrogen) atoms. The molecule has 0 atom stereocenters. The van der Waals surface area contributed by atoms with Crippen LogP contribution in [-0.4, -0.2) is 22.0 Å². The van der Waals surface area contributed by atoms with Crippen molar-refractivity contribution in [3.05, 3.63) is 95.3 Å². The SMILES string of the molecule is O=C(Nc1cc(CCc2ccccc2)ccc1C(=O)O)c1cccnc1. The molecule has 5 heteroatoms. The van der Waals surface area contributed by atoms with Gasteiger partial charge in [-0.1, -0.05) is 36.4 Å². The number of aromatic carboxylic acids is 1. The van der Waals surface area contributed by atoms with Gasteiger partial charge in [0.25, 0.3) is 5.91 Å². The predicted molar refractivity (Wildman–Crippen MR) is 99.4 cm³/mol. The fourth-order valence-corrected chi connectivity index (χ4v) is 2.66. The van der Waals surface area contributed by atoms with Crippen LogP contribution in [0, 0.1) is 0 Å². The average Bonchev–Trinajstić information content (AvgIpc) is 2.68. The summed E-state index contributed by atoms with van der Waals surface area (Å²) in [6.07, 6.45) is 4.60. The van der Waals surface area contributed by atoms with Crippen molar-refractivity contribution < 1.29 is 14.7 Å². The minimum atomic E-state index is -1.08. The van der Waals surface area contributed by atoms with E-state index in [4.69, 9.17) is 0 Å². The maximum absolute atomic E-state index is 12.3. The number of pyridine rings is 1. The van der Waals surface area contributed by atoms with Crippen molar-refractivity contribution in [3.63, 3.8) is 0 Å². The second-order valence-corrected chi connectivity index (χ2v) is 5.87. The number of anilines is 1. The molecule has 1 amide bonds. The van der Waals surface area contributed by atoms with Crippen molar-refractivity contribution in [1.82, 2.24) is 4.98 Å². The quantitative estimate of drug-likeness (QED) is 0.711. The van der Waals surface area contributed by atoms with Crippen LogP contribution in [0.5, 0.6) is 0 Å². The molecule has 0 aliphatic heterocycles. The third-order valence-electron chi connectivity index (χ3n) is 4.03. The monoisotopic (exact) mass is 346 g/mol. The molecule has 0 spiro atoms. The summed E-state index contributed by atoms with van der Waals surface area (Å²) in [4.78, 5) is 27.7. The van der Waals surface area contributed by atoms with Gasteiger partial charge in [-0.15, -0.1) is 0 Å². The Morgan fingerprint density at radius 1 is 0.923 bits per heavy atom. The molecule has 0 aliphatic rings. The van der Waals surface area contributed by atoms with Crippen molar-refractivity contribution in [2.45, 2.75) is 12.8 Å². The molecule has 5 nitrogen and oxygen atoms in total. The predicted octanol–water partition coefficient (Wildman–Crippen LogP) is 3.82. The van der Waals surface area contributed by atoms with Crippen LogP contribution >= 0.6 is 0 Å². The van der Waals surface area contributed by atoms with Gasteiger partial charge in [0.2, 0.25) is 0 Å². The first-order chi connectivity index (χ1) is 12.6. The molecule has 2 N–H and O–H groups in total. The lowest BCUT2D eigenvalue weighted by Crippen LogP contribution is -2.15. The molecule has 0 radical (unpaired) electrons. The van der Waals surface area contributed by atoms with Gasteiger partial charge in [-0.05, 0) is 48.2 Å². The van der Waals surface area contributed by atoms with Gasteiger partial charge in [0.1, 0.15) is 0 Å². The van der Waals surface area contributed by atoms with Crippen molar-refractivity contribution >= 4 is 17.6 Å². The number of hydrogen-bond donors (Lipinski definition) is 2. The minimum absolute atomic E-state index is 0.0608. The number of aromatic nitrogens is 1. The van der Waals surface area contributed by atoms with Crippen molar-refractivity contribution in [2.24, 2.45) is 0 Å². The first kappa shape index (κ1) is 17.4. The van der Waals surface area contributed by atoms with E-state index in [1.165, 1.54) is 17.8 Å². The number of benzene rings is 2. The molecule has 0 saturated carbocycles. The molecule has 130 valence electrons. The molecular formula is C21H18N2O3. The van der Waals surface area contributed by atoms with Crippen LogP contribution in [0.2, 0.25) is 0 Å². The van der Waals surface area contributed by atoms with Crippen LogP contribution in [0.1, 0.15) is 31.8 Å². The molecule has 0 saturated heterocycles. The summed E-state index contributed by atoms with van der Waals surface area (Å²) in [7, 11) is 0. The van der Waals surface area contributed by atoms with Gasteiger partial charge in [0.15, 0.2) is 0 Å². The number of carbonyl (C=O) groups is 2. The Balaban J connectivity index is 1.80. The lowest BCUT2D eigenvalue weighted by molar-refractivity contribution is 0.0698. The maximum Gasteiger partial charge on any atom is 0.337 e. The van der Waals surface area contributed by atoms with Crippen molar-refractivity contribution in [2.75, 3.05) is 5.32 Å². The van der Waals surface area contributed by atoms with Crippen molar-refractivity contribution in [1.29, 1.82) is 0 Å². The zero-order valence-corrected chi connectivity index (χ0v) is 14.1. The van der Waals surface area contributed by atoms with E-state index in [-0.39, 0.29) is 17.2 Å². The van der Waals surface area contributed by atoms with E-state index >= 15 is 0 Å². The van der Waals surface area contributed by atoms with E-state index in [1.54, 1.807) is 30.5 Å². The Hall–Kier alpha value is -3.47. The number of carboxylic acid groups (broad SMARTS) is 1. The van der Waals surface area contributed by atoms with Crippen LogP contribution < -0.4 is 5.32 Å². The van der Waals surface area contributed by atoms with Crippen LogP contribution in [0.25, 0.3) is 0 Å². The topological polar surface area (TPSA) is 79.3 Å². The second kappa shape index (κ2) is 8.07. The van der Waals surface area contributed by atoms with E-state index in [1.807, 2.05) is 18.2 Å². The fraction of sp³-hybridized carbons (Fsp3) is 0.0952. The third-order valence-corrected chi connectivity index (χ3v) is 4.03. The molecule has 3 aromatic rings. The summed E-state index contributed by atoms with van der Waals surface area (Å²) in [6.45, 7) is 0. The standard InChI is InChI=1S/C21H18N2O3/c24-20(17-7-4-12-22-14-17)23-19-13-16(10-11-18(19)21(25)26)9-8-15-5-2-1-3-6-15/h1-7,10-14H,8-9H2,(H,23,24)(H,25,26). The number of rotatable bonds is 6. The van der Waals surface area contributed by atoms with E-state index < -0.39 is 5.97 Å². The van der Waals surface area contributed by atoms with Gasteiger partial charge in [0, 0.05) is 12.4 Å². The summed E-state index contributed by atoms with van der Waals surface area (Å²) in [5.74, 6) is -1.47. The zero-order chi connectivity index (χ0) is 18.4. The number of nitrogens with one attached hydrogen (secondary N) is 1. The Morgan fingerprint density at radius 3 is 2.38 bits per heavy atom. The lowest BCUT2D eigenvalue weighted by Gasteiger charge is -2.11. The van der Waals surface area contributed by atoms with Gasteiger partial charge < -0.3 is 10.4 Å². The molecule has 0 bridgehead atoms. The largest absolute Gasteiger partial charge is 0.478 e. The number of nitrogens with zero attached hydrogens (tertiary/aromatic N) is 1. The molecule has 1 aromatic heterocycles. The van der Waals surface area contributed by atoms with Gasteiger partial charge in [0.05, 0.1) is 16.8 Å². The highest BCUT2D eigenvalue weighted by Crippen LogP contribution is 2.20. The van der Waals surface area contributed by atoms with E-state index in [0.717, 1.165) is 18.4 Å². The number of aryl methyl sites for hydroxylation is 2. The highest BCUT2D eigenvalue weighted by Gasteiger charge is 2.14. The molecule has 0 fully saturated rings. The Bertz CT molecular complexity index is 909. The molecule has 3 rings (SSSR count). The number of carboxylic acids is 1. The Kier molecular flexibility index (Phi) is 5.39. The Labute approximate surface area is 151 Å².